The third kappa shape index (κ3) is 4.39. The maximum Gasteiger partial charge on any atom is 0.252 e. The molecule has 4 rings (SSSR count). The normalized spacial score (nSPS) is 20.1. The molecule has 2 aliphatic rings. The van der Waals surface area contributed by atoms with Crippen molar-refractivity contribution in [3.8, 4) is 0 Å². The van der Waals surface area contributed by atoms with E-state index in [1.54, 1.807) is 11.3 Å². The lowest BCUT2D eigenvalue weighted by molar-refractivity contribution is 0.0947. The number of carbonyl (C=O) groups is 1. The van der Waals surface area contributed by atoms with Crippen LogP contribution in [-0.4, -0.2) is 50.1 Å². The van der Waals surface area contributed by atoms with Gasteiger partial charge in [-0.15, -0.1) is 11.3 Å². The molecule has 1 N–H and O–H groups in total. The van der Waals surface area contributed by atoms with Gasteiger partial charge in [0.1, 0.15) is 5.82 Å². The van der Waals surface area contributed by atoms with Crippen molar-refractivity contribution in [2.24, 2.45) is 5.92 Å². The second-order valence-electron chi connectivity index (χ2n) is 7.96. The zero-order valence-electron chi connectivity index (χ0n) is 16.4. The second-order valence-corrected chi connectivity index (χ2v) is 8.92. The Hall–Kier alpha value is -1.92. The number of fused-ring (bicyclic) bond motifs is 1. The van der Waals surface area contributed by atoms with E-state index in [0.717, 1.165) is 62.7 Å². The van der Waals surface area contributed by atoms with Gasteiger partial charge in [-0.2, -0.15) is 0 Å². The minimum atomic E-state index is -0.195. The number of benzene rings is 1. The molecule has 2 aromatic rings. The van der Waals surface area contributed by atoms with Crippen LogP contribution in [0.15, 0.2) is 29.6 Å². The van der Waals surface area contributed by atoms with E-state index in [-0.39, 0.29) is 11.7 Å². The molecular formula is C22H28FN3OS. The van der Waals surface area contributed by atoms with Crippen molar-refractivity contribution in [3.63, 3.8) is 0 Å². The van der Waals surface area contributed by atoms with Gasteiger partial charge in [-0.05, 0) is 55.0 Å². The Kier molecular flexibility index (Phi) is 5.97. The number of nitrogens with one attached hydrogen (secondary N) is 1. The molecule has 1 atom stereocenters. The molecule has 150 valence electrons. The third-order valence-electron chi connectivity index (χ3n) is 5.92. The Morgan fingerprint density at radius 3 is 2.71 bits per heavy atom. The average Bonchev–Trinajstić information content (AvgIpc) is 3.12. The van der Waals surface area contributed by atoms with Crippen molar-refractivity contribution < 1.29 is 9.18 Å². The number of amides is 1. The van der Waals surface area contributed by atoms with E-state index >= 15 is 0 Å². The van der Waals surface area contributed by atoms with Crippen LogP contribution < -0.4 is 10.2 Å². The Bertz CT molecular complexity index is 812. The van der Waals surface area contributed by atoms with Gasteiger partial charge in [-0.3, -0.25) is 9.69 Å². The molecule has 1 fully saturated rings. The minimum absolute atomic E-state index is 0.0806. The summed E-state index contributed by atoms with van der Waals surface area (Å²) in [6.07, 6.45) is 3.34. The number of nitrogens with zero attached hydrogens (tertiary/aromatic N) is 2. The van der Waals surface area contributed by atoms with E-state index in [1.807, 2.05) is 17.5 Å². The highest BCUT2D eigenvalue weighted by molar-refractivity contribution is 7.10. The molecule has 1 unspecified atom stereocenters. The smallest absolute Gasteiger partial charge is 0.252 e. The lowest BCUT2D eigenvalue weighted by Crippen LogP contribution is -2.48. The van der Waals surface area contributed by atoms with Gasteiger partial charge in [-0.1, -0.05) is 6.92 Å². The fraction of sp³-hybridized carbons (Fsp3) is 0.500. The number of hydrogen-bond donors (Lipinski definition) is 1. The molecule has 1 aliphatic heterocycles. The zero-order chi connectivity index (χ0) is 19.5. The lowest BCUT2D eigenvalue weighted by Gasteiger charge is -2.36. The monoisotopic (exact) mass is 401 g/mol. The van der Waals surface area contributed by atoms with Gasteiger partial charge >= 0.3 is 0 Å². The largest absolute Gasteiger partial charge is 0.369 e. The van der Waals surface area contributed by atoms with E-state index in [2.05, 4.69) is 22.0 Å². The van der Waals surface area contributed by atoms with Gasteiger partial charge in [0.05, 0.1) is 5.56 Å². The van der Waals surface area contributed by atoms with Crippen LogP contribution in [0.2, 0.25) is 0 Å². The number of thiophene rings is 1. The second kappa shape index (κ2) is 8.62. The van der Waals surface area contributed by atoms with Gasteiger partial charge < -0.3 is 10.2 Å². The minimum Gasteiger partial charge on any atom is -0.369 e. The summed E-state index contributed by atoms with van der Waals surface area (Å²) in [7, 11) is 0. The number of rotatable bonds is 5. The van der Waals surface area contributed by atoms with Crippen LogP contribution in [-0.2, 0) is 12.8 Å². The van der Waals surface area contributed by atoms with Crippen LogP contribution in [0.5, 0.6) is 0 Å². The molecule has 4 nitrogen and oxygen atoms in total. The number of halogens is 1. The van der Waals surface area contributed by atoms with E-state index < -0.39 is 0 Å². The SMILES string of the molecule is CC1CCc2c(C(=O)NCCN3CCN(c4ccc(F)cc4)CC3)csc2C1. The summed E-state index contributed by atoms with van der Waals surface area (Å²) < 4.78 is 13.1. The van der Waals surface area contributed by atoms with Crippen molar-refractivity contribution in [1.29, 1.82) is 0 Å². The predicted molar refractivity (Wildman–Crippen MR) is 113 cm³/mol. The Morgan fingerprint density at radius 2 is 1.96 bits per heavy atom. The molecule has 6 heteroatoms. The van der Waals surface area contributed by atoms with Crippen molar-refractivity contribution in [2.45, 2.75) is 26.2 Å². The maximum absolute atomic E-state index is 13.1. The molecule has 0 saturated carbocycles. The van der Waals surface area contributed by atoms with Crippen LogP contribution >= 0.6 is 11.3 Å². The first-order valence-corrected chi connectivity index (χ1v) is 11.1. The summed E-state index contributed by atoms with van der Waals surface area (Å²) in [6, 6.07) is 6.71. The number of piperazine rings is 1. The topological polar surface area (TPSA) is 35.6 Å². The molecule has 1 amide bonds. The molecule has 0 radical (unpaired) electrons. The first kappa shape index (κ1) is 19.4. The fourth-order valence-corrected chi connectivity index (χ4v) is 5.42. The molecule has 1 aliphatic carbocycles. The average molecular weight is 402 g/mol. The zero-order valence-corrected chi connectivity index (χ0v) is 17.2. The highest BCUT2D eigenvalue weighted by Gasteiger charge is 2.23. The van der Waals surface area contributed by atoms with Gasteiger partial charge in [-0.25, -0.2) is 4.39 Å². The van der Waals surface area contributed by atoms with Crippen LogP contribution in [0.3, 0.4) is 0 Å². The molecule has 28 heavy (non-hydrogen) atoms. The quantitative estimate of drug-likeness (QED) is 0.832. The molecule has 1 aromatic heterocycles. The summed E-state index contributed by atoms with van der Waals surface area (Å²) in [5.41, 5.74) is 3.26. The van der Waals surface area contributed by atoms with Gasteiger partial charge in [0.2, 0.25) is 0 Å². The van der Waals surface area contributed by atoms with Crippen molar-refractivity contribution >= 4 is 22.9 Å². The van der Waals surface area contributed by atoms with Crippen LogP contribution in [0.25, 0.3) is 0 Å². The molecule has 2 heterocycles. The Labute approximate surface area is 170 Å². The number of carbonyl (C=O) groups excluding carboxylic acids is 1. The van der Waals surface area contributed by atoms with E-state index in [9.17, 15) is 9.18 Å². The highest BCUT2D eigenvalue weighted by atomic mass is 32.1. The van der Waals surface area contributed by atoms with Gasteiger partial charge in [0.15, 0.2) is 0 Å². The molecule has 1 saturated heterocycles. The van der Waals surface area contributed by atoms with E-state index in [4.69, 9.17) is 0 Å². The van der Waals surface area contributed by atoms with Crippen molar-refractivity contribution in [3.05, 3.63) is 51.5 Å². The molecule has 0 spiro atoms. The standard InChI is InChI=1S/C22H28FN3OS/c1-16-2-7-19-20(15-28-21(19)14-16)22(27)24-8-9-25-10-12-26(13-11-25)18-5-3-17(23)4-6-18/h3-6,15-16H,2,7-14H2,1H3,(H,24,27). The van der Waals surface area contributed by atoms with Crippen LogP contribution in [0.4, 0.5) is 10.1 Å². The lowest BCUT2D eigenvalue weighted by atomic mass is 9.88. The van der Waals surface area contributed by atoms with Gasteiger partial charge in [0, 0.05) is 55.2 Å². The maximum atomic E-state index is 13.1. The molecular weight excluding hydrogens is 373 g/mol. The van der Waals surface area contributed by atoms with Crippen LogP contribution in [0.1, 0.15) is 34.1 Å². The number of anilines is 1. The summed E-state index contributed by atoms with van der Waals surface area (Å²) >= 11 is 1.74. The van der Waals surface area contributed by atoms with E-state index in [0.29, 0.717) is 6.54 Å². The van der Waals surface area contributed by atoms with Crippen molar-refractivity contribution in [1.82, 2.24) is 10.2 Å². The number of hydrogen-bond acceptors (Lipinski definition) is 4. The highest BCUT2D eigenvalue weighted by Crippen LogP contribution is 2.32. The van der Waals surface area contributed by atoms with Crippen molar-refractivity contribution in [2.75, 3.05) is 44.2 Å². The first-order chi connectivity index (χ1) is 13.6. The summed E-state index contributed by atoms with van der Waals surface area (Å²) in [4.78, 5) is 18.7. The first-order valence-electron chi connectivity index (χ1n) is 10.2. The summed E-state index contributed by atoms with van der Waals surface area (Å²) in [5.74, 6) is 0.618. The van der Waals surface area contributed by atoms with E-state index in [1.165, 1.54) is 29.0 Å². The van der Waals surface area contributed by atoms with Crippen LogP contribution in [0, 0.1) is 11.7 Å². The Balaban J connectivity index is 1.22. The Morgan fingerprint density at radius 1 is 1.21 bits per heavy atom. The summed E-state index contributed by atoms with van der Waals surface area (Å²) in [5, 5.41) is 5.15. The third-order valence-corrected chi connectivity index (χ3v) is 6.98. The summed E-state index contributed by atoms with van der Waals surface area (Å²) in [6.45, 7) is 7.60. The molecule has 0 bridgehead atoms. The fourth-order valence-electron chi connectivity index (χ4n) is 4.17. The molecule has 1 aromatic carbocycles. The van der Waals surface area contributed by atoms with Gasteiger partial charge in [0.25, 0.3) is 5.91 Å². The predicted octanol–water partition coefficient (Wildman–Crippen LogP) is 3.56.